The number of aromatic amines is 1. The smallest absolute Gasteiger partial charge is 0.257 e. The standard InChI is InChI=1S/C13H10N10OS/c24-12(9-4-17-20-11(9)23-7-18-21-22-23)16-3-8-6-25-13(19-8)10-5-14-1-2-15-10/h1-2,4-7H,3H2,(H,16,24)(H,17,20). The molecule has 4 aromatic rings. The molecule has 25 heavy (non-hydrogen) atoms. The van der Waals surface area contributed by atoms with Crippen LogP contribution < -0.4 is 5.32 Å². The van der Waals surface area contributed by atoms with E-state index in [1.807, 2.05) is 5.38 Å². The van der Waals surface area contributed by atoms with Crippen molar-refractivity contribution in [3.63, 3.8) is 0 Å². The number of carbonyl (C=O) groups is 1. The van der Waals surface area contributed by atoms with Gasteiger partial charge < -0.3 is 5.32 Å². The fourth-order valence-electron chi connectivity index (χ4n) is 2.07. The molecule has 0 saturated carbocycles. The van der Waals surface area contributed by atoms with Gasteiger partial charge in [-0.1, -0.05) is 0 Å². The Balaban J connectivity index is 1.45. The van der Waals surface area contributed by atoms with Crippen molar-refractivity contribution in [3.05, 3.63) is 47.8 Å². The highest BCUT2D eigenvalue weighted by atomic mass is 32.1. The molecule has 1 amide bonds. The van der Waals surface area contributed by atoms with Gasteiger partial charge in [0.25, 0.3) is 5.91 Å². The molecule has 2 N–H and O–H groups in total. The first-order valence-electron chi connectivity index (χ1n) is 7.07. The van der Waals surface area contributed by atoms with Crippen molar-refractivity contribution in [2.24, 2.45) is 0 Å². The maximum absolute atomic E-state index is 12.4. The summed E-state index contributed by atoms with van der Waals surface area (Å²) in [4.78, 5) is 25.0. The van der Waals surface area contributed by atoms with Gasteiger partial charge in [-0.05, 0) is 10.4 Å². The zero-order valence-electron chi connectivity index (χ0n) is 12.6. The van der Waals surface area contributed by atoms with Crippen LogP contribution in [-0.4, -0.2) is 51.3 Å². The lowest BCUT2D eigenvalue weighted by Crippen LogP contribution is -2.24. The Labute approximate surface area is 144 Å². The molecule has 0 atom stereocenters. The van der Waals surface area contributed by atoms with Crippen molar-refractivity contribution in [3.8, 4) is 16.5 Å². The molecule has 12 heteroatoms. The van der Waals surface area contributed by atoms with Crippen molar-refractivity contribution in [2.45, 2.75) is 6.54 Å². The van der Waals surface area contributed by atoms with E-state index in [-0.39, 0.29) is 12.5 Å². The number of hydrogen-bond acceptors (Lipinski definition) is 9. The van der Waals surface area contributed by atoms with Gasteiger partial charge in [-0.2, -0.15) is 9.78 Å². The normalized spacial score (nSPS) is 10.7. The molecule has 0 spiro atoms. The number of thiazole rings is 1. The average molecular weight is 354 g/mol. The van der Waals surface area contributed by atoms with Crippen LogP contribution in [0.1, 0.15) is 16.1 Å². The quantitative estimate of drug-likeness (QED) is 0.519. The number of tetrazole rings is 1. The van der Waals surface area contributed by atoms with Crippen LogP contribution in [0.15, 0.2) is 36.5 Å². The minimum absolute atomic E-state index is 0.274. The molecule has 124 valence electrons. The summed E-state index contributed by atoms with van der Waals surface area (Å²) in [6, 6.07) is 0. The van der Waals surface area contributed by atoms with Crippen LogP contribution in [0.2, 0.25) is 0 Å². The summed E-state index contributed by atoms with van der Waals surface area (Å²) in [7, 11) is 0. The number of H-pyrrole nitrogens is 1. The van der Waals surface area contributed by atoms with Gasteiger partial charge in [0.15, 0.2) is 5.82 Å². The summed E-state index contributed by atoms with van der Waals surface area (Å²) in [5, 5.41) is 22.8. The molecular formula is C13H10N10OS. The third-order valence-electron chi connectivity index (χ3n) is 3.21. The van der Waals surface area contributed by atoms with Gasteiger partial charge in [-0.3, -0.25) is 19.9 Å². The molecule has 4 aromatic heterocycles. The molecule has 0 fully saturated rings. The van der Waals surface area contributed by atoms with E-state index in [1.54, 1.807) is 18.6 Å². The first-order chi connectivity index (χ1) is 12.3. The predicted octanol–water partition coefficient (Wildman–Crippen LogP) is 0.229. The van der Waals surface area contributed by atoms with Crippen LogP contribution in [0.4, 0.5) is 0 Å². The number of rotatable bonds is 5. The van der Waals surface area contributed by atoms with E-state index in [0.29, 0.717) is 17.1 Å². The predicted molar refractivity (Wildman–Crippen MR) is 85.6 cm³/mol. The highest BCUT2D eigenvalue weighted by molar-refractivity contribution is 7.13. The highest BCUT2D eigenvalue weighted by Gasteiger charge is 2.16. The number of aromatic nitrogens is 9. The summed E-state index contributed by atoms with van der Waals surface area (Å²) in [5.41, 5.74) is 1.75. The van der Waals surface area contributed by atoms with E-state index >= 15 is 0 Å². The summed E-state index contributed by atoms with van der Waals surface area (Å²) in [6.45, 7) is 0.274. The zero-order chi connectivity index (χ0) is 17.1. The number of nitrogens with zero attached hydrogens (tertiary/aromatic N) is 8. The lowest BCUT2D eigenvalue weighted by Gasteiger charge is -2.03. The second-order valence-corrected chi connectivity index (χ2v) is 5.66. The van der Waals surface area contributed by atoms with E-state index in [4.69, 9.17) is 0 Å². The van der Waals surface area contributed by atoms with Crippen LogP contribution in [-0.2, 0) is 6.54 Å². The second-order valence-electron chi connectivity index (χ2n) is 4.80. The molecule has 0 bridgehead atoms. The fourth-order valence-corrected chi connectivity index (χ4v) is 2.85. The largest absolute Gasteiger partial charge is 0.346 e. The van der Waals surface area contributed by atoms with Crippen LogP contribution in [0.3, 0.4) is 0 Å². The van der Waals surface area contributed by atoms with Crippen molar-refractivity contribution in [1.82, 2.24) is 50.7 Å². The minimum Gasteiger partial charge on any atom is -0.346 e. The summed E-state index contributed by atoms with van der Waals surface area (Å²) >= 11 is 1.44. The van der Waals surface area contributed by atoms with Gasteiger partial charge in [0, 0.05) is 17.8 Å². The Bertz CT molecular complexity index is 977. The topological polar surface area (TPSA) is 140 Å². The van der Waals surface area contributed by atoms with E-state index in [0.717, 1.165) is 10.7 Å². The summed E-state index contributed by atoms with van der Waals surface area (Å²) < 4.78 is 1.33. The Morgan fingerprint density at radius 2 is 2.28 bits per heavy atom. The van der Waals surface area contributed by atoms with Crippen LogP contribution in [0, 0.1) is 0 Å². The van der Waals surface area contributed by atoms with Gasteiger partial charge in [-0.15, -0.1) is 16.4 Å². The van der Waals surface area contributed by atoms with Gasteiger partial charge in [0.2, 0.25) is 0 Å². The van der Waals surface area contributed by atoms with Crippen molar-refractivity contribution in [1.29, 1.82) is 0 Å². The van der Waals surface area contributed by atoms with Gasteiger partial charge >= 0.3 is 0 Å². The lowest BCUT2D eigenvalue weighted by atomic mass is 10.3. The number of carbonyl (C=O) groups excluding carboxylic acids is 1. The molecule has 0 aliphatic carbocycles. The van der Waals surface area contributed by atoms with Gasteiger partial charge in [0.05, 0.1) is 24.6 Å². The Hall–Kier alpha value is -3.54. The molecule has 11 nitrogen and oxygen atoms in total. The molecular weight excluding hydrogens is 344 g/mol. The molecule has 0 aliphatic heterocycles. The third-order valence-corrected chi connectivity index (χ3v) is 4.12. The van der Waals surface area contributed by atoms with Crippen molar-refractivity contribution >= 4 is 17.2 Å². The second kappa shape index (κ2) is 6.52. The van der Waals surface area contributed by atoms with E-state index in [9.17, 15) is 4.79 Å². The Morgan fingerprint density at radius 1 is 1.32 bits per heavy atom. The van der Waals surface area contributed by atoms with Crippen molar-refractivity contribution < 1.29 is 4.79 Å². The Morgan fingerprint density at radius 3 is 3.08 bits per heavy atom. The first kappa shape index (κ1) is 15.0. The number of amides is 1. The van der Waals surface area contributed by atoms with E-state index in [1.165, 1.54) is 28.5 Å². The van der Waals surface area contributed by atoms with E-state index in [2.05, 4.69) is 46.0 Å². The third kappa shape index (κ3) is 3.10. The average Bonchev–Trinajstić information content (AvgIpc) is 3.41. The molecule has 0 aromatic carbocycles. The monoisotopic (exact) mass is 354 g/mol. The SMILES string of the molecule is O=C(NCc1csc(-c2cnccn2)n1)c1cn[nH]c1-n1cnnn1. The molecule has 0 saturated heterocycles. The summed E-state index contributed by atoms with van der Waals surface area (Å²) in [6.07, 6.45) is 7.64. The summed E-state index contributed by atoms with van der Waals surface area (Å²) in [5.74, 6) is 0.0781. The highest BCUT2D eigenvalue weighted by Crippen LogP contribution is 2.20. The molecule has 4 rings (SSSR count). The van der Waals surface area contributed by atoms with Crippen LogP contribution >= 0.6 is 11.3 Å². The number of nitrogens with one attached hydrogen (secondary N) is 2. The maximum atomic E-state index is 12.4. The van der Waals surface area contributed by atoms with Gasteiger partial charge in [-0.25, -0.2) is 4.98 Å². The maximum Gasteiger partial charge on any atom is 0.257 e. The zero-order valence-corrected chi connectivity index (χ0v) is 13.4. The van der Waals surface area contributed by atoms with E-state index < -0.39 is 0 Å². The van der Waals surface area contributed by atoms with Crippen LogP contribution in [0.25, 0.3) is 16.5 Å². The lowest BCUT2D eigenvalue weighted by molar-refractivity contribution is 0.0950. The van der Waals surface area contributed by atoms with Crippen LogP contribution in [0.5, 0.6) is 0 Å². The van der Waals surface area contributed by atoms with Gasteiger partial charge in [0.1, 0.15) is 22.6 Å². The Kier molecular flexibility index (Phi) is 3.92. The molecule has 4 heterocycles. The first-order valence-corrected chi connectivity index (χ1v) is 7.95. The molecule has 0 unspecified atom stereocenters. The van der Waals surface area contributed by atoms with Crippen molar-refractivity contribution in [2.75, 3.05) is 0 Å². The minimum atomic E-state index is -0.312. The fraction of sp³-hybridized carbons (Fsp3) is 0.0769. The molecule has 0 radical (unpaired) electrons. The molecule has 0 aliphatic rings. The number of hydrogen-bond donors (Lipinski definition) is 2.